The van der Waals surface area contributed by atoms with Gasteiger partial charge >= 0.3 is 0 Å². The van der Waals surface area contributed by atoms with Crippen LogP contribution in [-0.4, -0.2) is 6.61 Å². The fourth-order valence-electron chi connectivity index (χ4n) is 2.13. The van der Waals surface area contributed by atoms with E-state index in [-0.39, 0.29) is 0 Å². The van der Waals surface area contributed by atoms with E-state index in [9.17, 15) is 0 Å². The molecule has 0 radical (unpaired) electrons. The topological polar surface area (TPSA) is 35.2 Å². The number of halogens is 1. The normalized spacial score (nSPS) is 13.9. The first-order valence-electron chi connectivity index (χ1n) is 6.33. The average molecular weight is 320 g/mol. The zero-order valence-electron chi connectivity index (χ0n) is 11.2. The maximum atomic E-state index is 6.55. The van der Waals surface area contributed by atoms with E-state index in [4.69, 9.17) is 10.5 Å². The summed E-state index contributed by atoms with van der Waals surface area (Å²) in [7, 11) is 0. The van der Waals surface area contributed by atoms with Crippen LogP contribution in [0.25, 0.3) is 0 Å². The van der Waals surface area contributed by atoms with Gasteiger partial charge in [-0.2, -0.15) is 0 Å². The lowest BCUT2D eigenvalue weighted by molar-refractivity contribution is 0.330. The molecule has 3 heteroatoms. The van der Waals surface area contributed by atoms with Crippen molar-refractivity contribution in [3.8, 4) is 5.75 Å². The van der Waals surface area contributed by atoms with Crippen molar-refractivity contribution in [3.05, 3.63) is 64.1 Å². The molecule has 0 aliphatic rings. The number of nitrogens with two attached hydrogens (primary N) is 1. The summed E-state index contributed by atoms with van der Waals surface area (Å²) in [5.41, 5.74) is 8.03. The lowest BCUT2D eigenvalue weighted by Crippen LogP contribution is -2.34. The van der Waals surface area contributed by atoms with Gasteiger partial charge in [0.05, 0.1) is 12.1 Å². The van der Waals surface area contributed by atoms with Crippen molar-refractivity contribution >= 4 is 15.9 Å². The van der Waals surface area contributed by atoms with Gasteiger partial charge in [0, 0.05) is 10.0 Å². The van der Waals surface area contributed by atoms with Gasteiger partial charge in [-0.1, -0.05) is 46.3 Å². The number of hydrogen-bond acceptors (Lipinski definition) is 2. The Hall–Kier alpha value is -1.32. The van der Waals surface area contributed by atoms with Gasteiger partial charge < -0.3 is 10.5 Å². The lowest BCUT2D eigenvalue weighted by Gasteiger charge is -2.28. The van der Waals surface area contributed by atoms with E-state index in [2.05, 4.69) is 15.9 Å². The fourth-order valence-corrected chi connectivity index (χ4v) is 2.39. The Bertz CT molecular complexity index is 549. The van der Waals surface area contributed by atoms with E-state index >= 15 is 0 Å². The van der Waals surface area contributed by atoms with Crippen LogP contribution in [0.5, 0.6) is 5.75 Å². The Balaban J connectivity index is 2.46. The van der Waals surface area contributed by atoms with Gasteiger partial charge in [0.25, 0.3) is 0 Å². The molecule has 0 aliphatic carbocycles. The van der Waals surface area contributed by atoms with Crippen LogP contribution in [0.1, 0.15) is 25.0 Å². The third-order valence-electron chi connectivity index (χ3n) is 3.19. The Kier molecular flexibility index (Phi) is 4.27. The smallest absolute Gasteiger partial charge is 0.124 e. The van der Waals surface area contributed by atoms with Gasteiger partial charge in [0.1, 0.15) is 5.75 Å². The minimum atomic E-state index is -0.577. The van der Waals surface area contributed by atoms with Gasteiger partial charge in [0.15, 0.2) is 0 Å². The van der Waals surface area contributed by atoms with Crippen LogP contribution in [0.2, 0.25) is 0 Å². The van der Waals surface area contributed by atoms with Crippen LogP contribution in [0.15, 0.2) is 53.0 Å². The highest BCUT2D eigenvalue weighted by Gasteiger charge is 2.26. The minimum absolute atomic E-state index is 0.577. The first-order chi connectivity index (χ1) is 9.05. The van der Waals surface area contributed by atoms with Gasteiger partial charge in [-0.25, -0.2) is 0 Å². The van der Waals surface area contributed by atoms with Crippen molar-refractivity contribution in [2.75, 3.05) is 6.61 Å². The van der Waals surface area contributed by atoms with Gasteiger partial charge in [-0.15, -0.1) is 0 Å². The lowest BCUT2D eigenvalue weighted by atomic mass is 9.85. The molecule has 0 aliphatic heterocycles. The number of hydrogen-bond donors (Lipinski definition) is 1. The predicted octanol–water partition coefficient (Wildman–Crippen LogP) is 4.07. The highest BCUT2D eigenvalue weighted by molar-refractivity contribution is 9.10. The summed E-state index contributed by atoms with van der Waals surface area (Å²) in [5.74, 6) is 0.845. The van der Waals surface area contributed by atoms with Gasteiger partial charge in [-0.05, 0) is 37.6 Å². The summed E-state index contributed by atoms with van der Waals surface area (Å²) in [5, 5.41) is 0. The summed E-state index contributed by atoms with van der Waals surface area (Å²) in [6.45, 7) is 4.62. The first-order valence-corrected chi connectivity index (χ1v) is 7.12. The van der Waals surface area contributed by atoms with E-state index in [1.165, 1.54) is 0 Å². The molecule has 0 saturated carbocycles. The molecular weight excluding hydrogens is 302 g/mol. The Morgan fingerprint density at radius 2 is 1.74 bits per heavy atom. The molecule has 2 aromatic carbocycles. The first kappa shape index (κ1) is 14.1. The fraction of sp³-hybridized carbons (Fsp3) is 0.250. The van der Waals surface area contributed by atoms with Crippen LogP contribution in [-0.2, 0) is 5.54 Å². The number of rotatable bonds is 4. The van der Waals surface area contributed by atoms with Gasteiger partial charge in [-0.3, -0.25) is 0 Å². The molecule has 100 valence electrons. The molecule has 2 aromatic rings. The quantitative estimate of drug-likeness (QED) is 0.922. The third-order valence-corrected chi connectivity index (χ3v) is 3.72. The van der Waals surface area contributed by atoms with Crippen molar-refractivity contribution in [2.24, 2.45) is 5.73 Å². The maximum absolute atomic E-state index is 6.55. The molecule has 0 fully saturated rings. The van der Waals surface area contributed by atoms with Crippen LogP contribution >= 0.6 is 15.9 Å². The van der Waals surface area contributed by atoms with Crippen molar-refractivity contribution in [1.29, 1.82) is 0 Å². The molecule has 0 amide bonds. The Labute approximate surface area is 122 Å². The molecule has 1 atom stereocenters. The summed E-state index contributed by atoms with van der Waals surface area (Å²) in [6, 6.07) is 16.0. The molecule has 2 rings (SSSR count). The Morgan fingerprint density at radius 3 is 2.37 bits per heavy atom. The van der Waals surface area contributed by atoms with E-state index < -0.39 is 5.54 Å². The highest BCUT2D eigenvalue weighted by atomic mass is 79.9. The van der Waals surface area contributed by atoms with Gasteiger partial charge in [0.2, 0.25) is 0 Å². The van der Waals surface area contributed by atoms with Crippen molar-refractivity contribution in [3.63, 3.8) is 0 Å². The zero-order valence-corrected chi connectivity index (χ0v) is 12.8. The highest BCUT2D eigenvalue weighted by Crippen LogP contribution is 2.33. The maximum Gasteiger partial charge on any atom is 0.124 e. The molecule has 0 bridgehead atoms. The van der Waals surface area contributed by atoms with E-state index in [1.807, 2.05) is 62.4 Å². The molecule has 0 spiro atoms. The SMILES string of the molecule is CCOc1ccccc1C(C)(N)c1ccc(Br)cc1. The molecule has 19 heavy (non-hydrogen) atoms. The molecule has 2 N–H and O–H groups in total. The largest absolute Gasteiger partial charge is 0.494 e. The van der Waals surface area contributed by atoms with E-state index in [1.54, 1.807) is 0 Å². The molecule has 2 nitrogen and oxygen atoms in total. The van der Waals surface area contributed by atoms with Crippen LogP contribution in [0.3, 0.4) is 0 Å². The predicted molar refractivity (Wildman–Crippen MR) is 82.4 cm³/mol. The van der Waals surface area contributed by atoms with Crippen molar-refractivity contribution in [1.82, 2.24) is 0 Å². The molecule has 0 saturated heterocycles. The standard InChI is InChI=1S/C16H18BrNO/c1-3-19-15-7-5-4-6-14(15)16(2,18)12-8-10-13(17)11-9-12/h4-11H,3,18H2,1-2H3. The molecule has 0 aromatic heterocycles. The molecule has 1 unspecified atom stereocenters. The second-order valence-corrected chi connectivity index (χ2v) is 5.55. The number of ether oxygens (including phenoxy) is 1. The summed E-state index contributed by atoms with van der Waals surface area (Å²) >= 11 is 3.44. The molecular formula is C16H18BrNO. The summed E-state index contributed by atoms with van der Waals surface area (Å²) < 4.78 is 6.73. The summed E-state index contributed by atoms with van der Waals surface area (Å²) in [4.78, 5) is 0. The Morgan fingerprint density at radius 1 is 1.11 bits per heavy atom. The minimum Gasteiger partial charge on any atom is -0.494 e. The zero-order chi connectivity index (χ0) is 13.9. The second kappa shape index (κ2) is 5.76. The van der Waals surface area contributed by atoms with Crippen LogP contribution in [0.4, 0.5) is 0 Å². The number of benzene rings is 2. The second-order valence-electron chi connectivity index (χ2n) is 4.64. The summed E-state index contributed by atoms with van der Waals surface area (Å²) in [6.07, 6.45) is 0. The van der Waals surface area contributed by atoms with Crippen molar-refractivity contribution < 1.29 is 4.74 Å². The van der Waals surface area contributed by atoms with Crippen LogP contribution in [0, 0.1) is 0 Å². The molecule has 0 heterocycles. The monoisotopic (exact) mass is 319 g/mol. The average Bonchev–Trinajstić information content (AvgIpc) is 2.40. The van der Waals surface area contributed by atoms with E-state index in [0.29, 0.717) is 6.61 Å². The number of para-hydroxylation sites is 1. The van der Waals surface area contributed by atoms with Crippen molar-refractivity contribution in [2.45, 2.75) is 19.4 Å². The van der Waals surface area contributed by atoms with E-state index in [0.717, 1.165) is 21.3 Å². The third kappa shape index (κ3) is 2.99. The van der Waals surface area contributed by atoms with Crippen LogP contribution < -0.4 is 10.5 Å².